The molecule has 0 unspecified atom stereocenters. The summed E-state index contributed by atoms with van der Waals surface area (Å²) in [7, 11) is 0. The van der Waals surface area contributed by atoms with Crippen LogP contribution in [0.2, 0.25) is 0 Å². The van der Waals surface area contributed by atoms with Crippen LogP contribution in [0.5, 0.6) is 0 Å². The fourth-order valence-electron chi connectivity index (χ4n) is 2.41. The van der Waals surface area contributed by atoms with Gasteiger partial charge in [-0.1, -0.05) is 12.8 Å². The molecule has 0 aromatic carbocycles. The Hall–Kier alpha value is -1.62. The number of hydrogen-bond donors (Lipinski definition) is 2. The molecule has 1 fully saturated rings. The fraction of sp³-hybridized carbons (Fsp3) is 0.429. The van der Waals surface area contributed by atoms with Gasteiger partial charge in [-0.2, -0.15) is 0 Å². The number of thiophene rings is 1. The summed E-state index contributed by atoms with van der Waals surface area (Å²) in [5.74, 6) is -1.12. The lowest BCUT2D eigenvalue weighted by Gasteiger charge is -2.25. The summed E-state index contributed by atoms with van der Waals surface area (Å²) >= 11 is 1.34. The van der Waals surface area contributed by atoms with Gasteiger partial charge in [-0.05, 0) is 42.9 Å². The summed E-state index contributed by atoms with van der Waals surface area (Å²) in [5, 5.41) is 13.5. The minimum absolute atomic E-state index is 0.107. The third-order valence-electron chi connectivity index (χ3n) is 3.43. The van der Waals surface area contributed by atoms with Gasteiger partial charge < -0.3 is 10.4 Å². The van der Waals surface area contributed by atoms with Crippen LogP contribution in [0.4, 0.5) is 0 Å². The quantitative estimate of drug-likeness (QED) is 0.833. The number of carbonyl (C=O) groups is 2. The zero-order valence-corrected chi connectivity index (χ0v) is 11.6. The molecule has 1 aliphatic carbocycles. The van der Waals surface area contributed by atoms with Crippen LogP contribution in [-0.4, -0.2) is 22.5 Å². The van der Waals surface area contributed by atoms with Gasteiger partial charge in [-0.25, -0.2) is 4.79 Å². The lowest BCUT2D eigenvalue weighted by molar-refractivity contribution is -0.131. The van der Waals surface area contributed by atoms with Crippen LogP contribution < -0.4 is 5.32 Å². The second-order valence-corrected chi connectivity index (χ2v) is 6.01. The molecule has 1 amide bonds. The first-order valence-electron chi connectivity index (χ1n) is 6.31. The van der Waals surface area contributed by atoms with Gasteiger partial charge >= 0.3 is 5.97 Å². The van der Waals surface area contributed by atoms with E-state index in [0.29, 0.717) is 10.4 Å². The maximum absolute atomic E-state index is 12.3. The third-order valence-corrected chi connectivity index (χ3v) is 4.36. The highest BCUT2D eigenvalue weighted by Crippen LogP contribution is 2.30. The van der Waals surface area contributed by atoms with E-state index in [2.05, 4.69) is 12.2 Å². The molecule has 0 radical (unpaired) electrons. The Morgan fingerprint density at radius 3 is 2.74 bits per heavy atom. The monoisotopic (exact) mass is 279 g/mol. The molecule has 1 aromatic rings. The van der Waals surface area contributed by atoms with Gasteiger partial charge in [0.2, 0.25) is 0 Å². The Morgan fingerprint density at radius 2 is 2.11 bits per heavy atom. The van der Waals surface area contributed by atoms with Crippen LogP contribution >= 0.6 is 11.3 Å². The Bertz CT molecular complexity index is 513. The number of hydrogen-bond acceptors (Lipinski definition) is 3. The van der Waals surface area contributed by atoms with Crippen LogP contribution in [0.3, 0.4) is 0 Å². The molecule has 1 saturated carbocycles. The van der Waals surface area contributed by atoms with Crippen molar-refractivity contribution < 1.29 is 14.7 Å². The molecule has 102 valence electrons. The van der Waals surface area contributed by atoms with E-state index in [1.165, 1.54) is 17.4 Å². The predicted octanol–water partition coefficient (Wildman–Crippen LogP) is 2.91. The molecule has 2 rings (SSSR count). The van der Waals surface area contributed by atoms with Crippen molar-refractivity contribution in [3.05, 3.63) is 28.0 Å². The van der Waals surface area contributed by atoms with Gasteiger partial charge in [-0.15, -0.1) is 11.3 Å². The minimum atomic E-state index is -1.01. The van der Waals surface area contributed by atoms with Gasteiger partial charge in [0.05, 0.1) is 4.88 Å². The van der Waals surface area contributed by atoms with E-state index in [9.17, 15) is 9.59 Å². The average molecular weight is 279 g/mol. The van der Waals surface area contributed by atoms with Crippen LogP contribution in [-0.2, 0) is 4.79 Å². The van der Waals surface area contributed by atoms with Gasteiger partial charge in [0, 0.05) is 11.6 Å². The molecule has 2 N–H and O–H groups in total. The molecule has 4 nitrogen and oxygen atoms in total. The van der Waals surface area contributed by atoms with Crippen LogP contribution in [0.15, 0.2) is 17.5 Å². The molecule has 1 aromatic heterocycles. The topological polar surface area (TPSA) is 66.4 Å². The summed E-state index contributed by atoms with van der Waals surface area (Å²) in [4.78, 5) is 23.3. The van der Waals surface area contributed by atoms with E-state index in [-0.39, 0.29) is 11.4 Å². The number of carbonyl (C=O) groups excluding carboxylic acids is 1. The molecule has 0 atom stereocenters. The first kappa shape index (κ1) is 13.8. The normalized spacial score (nSPS) is 17.7. The van der Waals surface area contributed by atoms with Crippen LogP contribution in [0.1, 0.15) is 47.8 Å². The van der Waals surface area contributed by atoms with Crippen molar-refractivity contribution in [2.75, 3.05) is 0 Å². The first-order chi connectivity index (χ1) is 9.00. The van der Waals surface area contributed by atoms with E-state index in [4.69, 9.17) is 5.11 Å². The van der Waals surface area contributed by atoms with E-state index in [1.54, 1.807) is 11.4 Å². The Morgan fingerprint density at radius 1 is 1.42 bits per heavy atom. The maximum Gasteiger partial charge on any atom is 0.328 e. The summed E-state index contributed by atoms with van der Waals surface area (Å²) in [6.45, 7) is 2.07. The third kappa shape index (κ3) is 3.44. The van der Waals surface area contributed by atoms with Crippen LogP contribution in [0.25, 0.3) is 6.08 Å². The largest absolute Gasteiger partial charge is 0.478 e. The zero-order valence-electron chi connectivity index (χ0n) is 10.8. The van der Waals surface area contributed by atoms with Gasteiger partial charge in [-0.3, -0.25) is 4.79 Å². The van der Waals surface area contributed by atoms with Crippen molar-refractivity contribution >= 4 is 29.3 Å². The van der Waals surface area contributed by atoms with Crippen molar-refractivity contribution in [1.29, 1.82) is 0 Å². The van der Waals surface area contributed by atoms with Gasteiger partial charge in [0.15, 0.2) is 0 Å². The SMILES string of the molecule is CC1(NC(=O)c2sccc2C=CC(=O)O)CCCC1. The molecule has 0 bridgehead atoms. The number of aliphatic carboxylic acids is 1. The molecular formula is C14H17NO3S. The van der Waals surface area contributed by atoms with E-state index in [0.717, 1.165) is 31.8 Å². The van der Waals surface area contributed by atoms with Gasteiger partial charge in [0.25, 0.3) is 5.91 Å². The van der Waals surface area contributed by atoms with Crippen LogP contribution in [0, 0.1) is 0 Å². The van der Waals surface area contributed by atoms with Crippen molar-refractivity contribution in [2.45, 2.75) is 38.1 Å². The smallest absolute Gasteiger partial charge is 0.328 e. The molecule has 1 aliphatic rings. The standard InChI is InChI=1S/C14H17NO3S/c1-14(7-2-3-8-14)15-13(18)12-10(6-9-19-12)4-5-11(16)17/h4-6,9H,2-3,7-8H2,1H3,(H,15,18)(H,16,17). The van der Waals surface area contributed by atoms with E-state index in [1.807, 2.05) is 0 Å². The molecule has 0 aliphatic heterocycles. The number of carboxylic acids is 1. The van der Waals surface area contributed by atoms with Crippen molar-refractivity contribution in [3.8, 4) is 0 Å². The maximum atomic E-state index is 12.3. The lowest BCUT2D eigenvalue weighted by Crippen LogP contribution is -2.43. The van der Waals surface area contributed by atoms with Crippen molar-refractivity contribution in [2.24, 2.45) is 0 Å². The highest BCUT2D eigenvalue weighted by Gasteiger charge is 2.31. The lowest BCUT2D eigenvalue weighted by atomic mass is 10.0. The Balaban J connectivity index is 2.11. The summed E-state index contributed by atoms with van der Waals surface area (Å²) in [5.41, 5.74) is 0.543. The molecule has 1 heterocycles. The summed E-state index contributed by atoms with van der Waals surface area (Å²) in [6, 6.07) is 1.76. The highest BCUT2D eigenvalue weighted by atomic mass is 32.1. The Kier molecular flexibility index (Phi) is 4.04. The molecule has 0 saturated heterocycles. The first-order valence-corrected chi connectivity index (χ1v) is 7.19. The number of rotatable bonds is 4. The van der Waals surface area contributed by atoms with Crippen molar-refractivity contribution in [3.63, 3.8) is 0 Å². The molecular weight excluding hydrogens is 262 g/mol. The predicted molar refractivity (Wildman–Crippen MR) is 75.3 cm³/mol. The minimum Gasteiger partial charge on any atom is -0.478 e. The summed E-state index contributed by atoms with van der Waals surface area (Å²) in [6.07, 6.45) is 6.82. The molecule has 5 heteroatoms. The summed E-state index contributed by atoms with van der Waals surface area (Å²) < 4.78 is 0. The second-order valence-electron chi connectivity index (χ2n) is 5.10. The number of carboxylic acid groups (broad SMARTS) is 1. The van der Waals surface area contributed by atoms with E-state index >= 15 is 0 Å². The van der Waals surface area contributed by atoms with Crippen molar-refractivity contribution in [1.82, 2.24) is 5.32 Å². The Labute approximate surface area is 116 Å². The fourth-order valence-corrected chi connectivity index (χ4v) is 3.19. The average Bonchev–Trinajstić information content (AvgIpc) is 2.95. The number of nitrogens with one attached hydrogen (secondary N) is 1. The number of amides is 1. The molecule has 0 spiro atoms. The van der Waals surface area contributed by atoms with Gasteiger partial charge in [0.1, 0.15) is 0 Å². The van der Waals surface area contributed by atoms with E-state index < -0.39 is 5.97 Å². The second kappa shape index (κ2) is 5.57. The zero-order chi connectivity index (χ0) is 13.9. The highest BCUT2D eigenvalue weighted by molar-refractivity contribution is 7.12. The molecule has 19 heavy (non-hydrogen) atoms.